The van der Waals surface area contributed by atoms with Gasteiger partial charge in [-0.05, 0) is 98.5 Å². The van der Waals surface area contributed by atoms with Crippen LogP contribution in [0.15, 0.2) is 23.8 Å². The number of ether oxygens (including phenoxy) is 2. The summed E-state index contributed by atoms with van der Waals surface area (Å²) in [5.74, 6) is 1.57. The molecule has 0 amide bonds. The first-order valence-corrected chi connectivity index (χ1v) is 15.5. The molecule has 218 valence electrons. The van der Waals surface area contributed by atoms with Gasteiger partial charge in [0.05, 0.1) is 18.3 Å². The maximum Gasteiger partial charge on any atom is 0.186 e. The van der Waals surface area contributed by atoms with Crippen LogP contribution >= 0.6 is 12.2 Å². The monoisotopic (exact) mass is 562 g/mol. The van der Waals surface area contributed by atoms with Crippen molar-refractivity contribution in [3.63, 3.8) is 0 Å². The van der Waals surface area contributed by atoms with Crippen molar-refractivity contribution in [2.45, 2.75) is 120 Å². The molecular formula is C31H46O7S. The minimum Gasteiger partial charge on any atom is -0.394 e. The van der Waals surface area contributed by atoms with Gasteiger partial charge in [-0.2, -0.15) is 0 Å². The second-order valence-corrected chi connectivity index (χ2v) is 14.4. The van der Waals surface area contributed by atoms with E-state index in [1.54, 1.807) is 0 Å². The molecule has 6 aliphatic rings. The lowest BCUT2D eigenvalue weighted by atomic mass is 9.43. The molecule has 0 radical (unpaired) electrons. The van der Waals surface area contributed by atoms with Gasteiger partial charge in [0.15, 0.2) is 6.29 Å². The molecule has 4 saturated carbocycles. The van der Waals surface area contributed by atoms with Crippen LogP contribution < -0.4 is 0 Å². The quantitative estimate of drug-likeness (QED) is 0.262. The van der Waals surface area contributed by atoms with Crippen molar-refractivity contribution < 1.29 is 35.0 Å². The molecular weight excluding hydrogens is 516 g/mol. The highest BCUT2D eigenvalue weighted by atomic mass is 32.1. The normalized spacial score (nSPS) is 53.5. The molecule has 0 spiro atoms. The summed E-state index contributed by atoms with van der Waals surface area (Å²) in [4.78, 5) is 0.996. The molecule has 5 fully saturated rings. The van der Waals surface area contributed by atoms with Crippen molar-refractivity contribution in [3.8, 4) is 0 Å². The minimum atomic E-state index is -1.42. The van der Waals surface area contributed by atoms with Gasteiger partial charge in [-0.25, -0.2) is 0 Å². The lowest BCUT2D eigenvalue weighted by Crippen LogP contribution is -2.63. The Morgan fingerprint density at radius 2 is 1.77 bits per heavy atom. The molecule has 8 heteroatoms. The van der Waals surface area contributed by atoms with Gasteiger partial charge < -0.3 is 35.0 Å². The third-order valence-corrected chi connectivity index (χ3v) is 12.6. The SMILES string of the molecule is C[C@]12CCC(OC3O[C@H](CO)[C@@H](O)[C@H](O)[C@H]3O)CC1CC[C@@H]1[C@@H]2CC[C@]2(C)C(C3=CC(=S)CC=C3)CCC12O. The molecule has 39 heavy (non-hydrogen) atoms. The van der Waals surface area contributed by atoms with Crippen LogP contribution in [0.4, 0.5) is 0 Å². The number of allylic oxidation sites excluding steroid dienone is 4. The molecule has 7 nitrogen and oxygen atoms in total. The predicted molar refractivity (Wildman–Crippen MR) is 150 cm³/mol. The van der Waals surface area contributed by atoms with Gasteiger partial charge in [0.25, 0.3) is 0 Å². The summed E-state index contributed by atoms with van der Waals surface area (Å²) in [5, 5.41) is 52.8. The van der Waals surface area contributed by atoms with Crippen LogP contribution in [0.3, 0.4) is 0 Å². The van der Waals surface area contributed by atoms with Gasteiger partial charge in [-0.15, -0.1) is 0 Å². The average molecular weight is 563 g/mol. The van der Waals surface area contributed by atoms with E-state index in [1.165, 1.54) is 5.57 Å². The highest BCUT2D eigenvalue weighted by Crippen LogP contribution is 2.70. The molecule has 1 heterocycles. The zero-order valence-corrected chi connectivity index (χ0v) is 24.1. The fraction of sp³-hybridized carbons (Fsp3) is 0.839. The molecule has 0 aromatic rings. The van der Waals surface area contributed by atoms with E-state index in [2.05, 4.69) is 32.1 Å². The van der Waals surface area contributed by atoms with Crippen LogP contribution in [0.5, 0.6) is 0 Å². The number of aliphatic hydroxyl groups is 5. The molecule has 13 atom stereocenters. The van der Waals surface area contributed by atoms with Crippen LogP contribution in [0.25, 0.3) is 0 Å². The smallest absolute Gasteiger partial charge is 0.186 e. The maximum absolute atomic E-state index is 12.5. The van der Waals surface area contributed by atoms with Crippen LogP contribution in [-0.4, -0.2) is 79.4 Å². The van der Waals surface area contributed by atoms with E-state index in [0.29, 0.717) is 23.7 Å². The third-order valence-electron chi connectivity index (χ3n) is 12.3. The average Bonchev–Trinajstić information content (AvgIpc) is 3.20. The molecule has 0 aromatic heterocycles. The van der Waals surface area contributed by atoms with Gasteiger partial charge in [-0.3, -0.25) is 0 Å². The molecule has 0 bridgehead atoms. The summed E-state index contributed by atoms with van der Waals surface area (Å²) in [6.45, 7) is 4.32. The number of thiocarbonyl (C=S) groups is 1. The van der Waals surface area contributed by atoms with E-state index in [1.807, 2.05) is 0 Å². The third kappa shape index (κ3) is 4.35. The Kier molecular flexibility index (Phi) is 7.45. The van der Waals surface area contributed by atoms with Crippen molar-refractivity contribution >= 4 is 17.1 Å². The lowest BCUT2D eigenvalue weighted by molar-refractivity contribution is -0.317. The highest BCUT2D eigenvalue weighted by Gasteiger charge is 2.67. The van der Waals surface area contributed by atoms with Crippen molar-refractivity contribution in [3.05, 3.63) is 23.8 Å². The van der Waals surface area contributed by atoms with E-state index in [4.69, 9.17) is 21.7 Å². The second kappa shape index (κ2) is 10.2. The molecule has 5 N–H and O–H groups in total. The van der Waals surface area contributed by atoms with E-state index < -0.39 is 42.9 Å². The standard InChI is InChI=1S/C31H46O7S/c1-29-11-8-19(37-28-27(35)26(34)25(33)24(16-32)38-28)15-18(29)6-7-23-22(29)9-12-30(2)21(10-13-31(23,30)36)17-4-3-5-20(39)14-17/h3-4,14,18-19,21-28,32-36H,5-13,15-16H2,1-2H3/t18?,19?,21?,22-,23+,24+,25+,26-,27+,28?,29-,30+,31?/m0/s1. The summed E-state index contributed by atoms with van der Waals surface area (Å²) in [5.41, 5.74) is 0.642. The van der Waals surface area contributed by atoms with Gasteiger partial charge >= 0.3 is 0 Å². The summed E-state index contributed by atoms with van der Waals surface area (Å²) in [6.07, 6.45) is 9.89. The molecule has 1 aliphatic heterocycles. The summed E-state index contributed by atoms with van der Waals surface area (Å²) in [6, 6.07) is 0. The van der Waals surface area contributed by atoms with Crippen LogP contribution in [-0.2, 0) is 9.47 Å². The largest absolute Gasteiger partial charge is 0.394 e. The molecule has 5 aliphatic carbocycles. The maximum atomic E-state index is 12.5. The first kappa shape index (κ1) is 28.4. The zero-order chi connectivity index (χ0) is 27.7. The summed E-state index contributed by atoms with van der Waals surface area (Å²) < 4.78 is 11.8. The number of aliphatic hydroxyl groups excluding tert-OH is 4. The van der Waals surface area contributed by atoms with E-state index in [-0.39, 0.29) is 16.9 Å². The molecule has 6 rings (SSSR count). The van der Waals surface area contributed by atoms with Gasteiger partial charge in [0, 0.05) is 16.7 Å². The highest BCUT2D eigenvalue weighted by molar-refractivity contribution is 7.80. The van der Waals surface area contributed by atoms with Gasteiger partial charge in [-0.1, -0.05) is 38.2 Å². The Hall–Kier alpha value is -0.710. The first-order valence-electron chi connectivity index (χ1n) is 15.1. The zero-order valence-electron chi connectivity index (χ0n) is 23.2. The van der Waals surface area contributed by atoms with Crippen LogP contribution in [0.2, 0.25) is 0 Å². The first-order chi connectivity index (χ1) is 18.5. The second-order valence-electron chi connectivity index (χ2n) is 13.9. The van der Waals surface area contributed by atoms with Gasteiger partial charge in [0.2, 0.25) is 0 Å². The van der Waals surface area contributed by atoms with Crippen molar-refractivity contribution in [2.24, 2.45) is 34.5 Å². The van der Waals surface area contributed by atoms with E-state index in [0.717, 1.165) is 69.1 Å². The van der Waals surface area contributed by atoms with Crippen molar-refractivity contribution in [2.75, 3.05) is 6.61 Å². The predicted octanol–water partition coefficient (Wildman–Crippen LogP) is 3.20. The molecule has 0 aromatic carbocycles. The summed E-state index contributed by atoms with van der Waals surface area (Å²) >= 11 is 5.53. The Bertz CT molecular complexity index is 1030. The van der Waals surface area contributed by atoms with Crippen LogP contribution in [0.1, 0.15) is 78.1 Å². The van der Waals surface area contributed by atoms with Crippen molar-refractivity contribution in [1.82, 2.24) is 0 Å². The minimum absolute atomic E-state index is 0.122. The topological polar surface area (TPSA) is 120 Å². The number of fused-ring (bicyclic) bond motifs is 5. The fourth-order valence-electron chi connectivity index (χ4n) is 10.0. The number of hydrogen-bond acceptors (Lipinski definition) is 8. The Morgan fingerprint density at radius 1 is 0.974 bits per heavy atom. The number of rotatable bonds is 4. The van der Waals surface area contributed by atoms with E-state index >= 15 is 0 Å². The van der Waals surface area contributed by atoms with Crippen LogP contribution in [0, 0.1) is 34.5 Å². The molecule has 5 unspecified atom stereocenters. The molecule has 1 saturated heterocycles. The summed E-state index contributed by atoms with van der Waals surface area (Å²) in [7, 11) is 0. The van der Waals surface area contributed by atoms with Gasteiger partial charge in [0.1, 0.15) is 24.4 Å². The Labute approximate surface area is 237 Å². The lowest BCUT2D eigenvalue weighted by Gasteiger charge is -2.64. The van der Waals surface area contributed by atoms with Crippen molar-refractivity contribution in [1.29, 1.82) is 0 Å². The number of hydrogen-bond donors (Lipinski definition) is 5. The van der Waals surface area contributed by atoms with E-state index in [9.17, 15) is 25.5 Å². The Morgan fingerprint density at radius 3 is 2.51 bits per heavy atom. The fourth-order valence-corrected chi connectivity index (χ4v) is 10.3. The Balaban J connectivity index is 1.16.